The van der Waals surface area contributed by atoms with Gasteiger partial charge in [-0.25, -0.2) is 9.78 Å². The van der Waals surface area contributed by atoms with Gasteiger partial charge in [0.15, 0.2) is 5.89 Å². The average molecular weight is 211 g/mol. The van der Waals surface area contributed by atoms with E-state index in [0.29, 0.717) is 24.8 Å². The molecule has 0 radical (unpaired) electrons. The Morgan fingerprint density at radius 3 is 3.13 bits per heavy atom. The predicted molar refractivity (Wildman–Crippen MR) is 50.7 cm³/mol. The fourth-order valence-electron chi connectivity index (χ4n) is 1.72. The van der Waals surface area contributed by atoms with Gasteiger partial charge in [0.05, 0.1) is 6.20 Å². The van der Waals surface area contributed by atoms with Crippen molar-refractivity contribution in [3.8, 4) is 0 Å². The lowest BCUT2D eigenvalue weighted by Crippen LogP contribution is -2.19. The van der Waals surface area contributed by atoms with E-state index in [0.717, 1.165) is 19.4 Å². The summed E-state index contributed by atoms with van der Waals surface area (Å²) in [5, 5.41) is 8.65. The smallest absolute Gasteiger partial charge is 0.373 e. The van der Waals surface area contributed by atoms with E-state index in [1.54, 1.807) is 0 Å². The molecule has 1 fully saturated rings. The number of aromatic carboxylic acids is 1. The number of ether oxygens (including phenoxy) is 1. The van der Waals surface area contributed by atoms with Crippen LogP contribution in [0, 0.1) is 5.92 Å². The third kappa shape index (κ3) is 2.56. The molecular weight excluding hydrogens is 198 g/mol. The van der Waals surface area contributed by atoms with E-state index >= 15 is 0 Å². The maximum absolute atomic E-state index is 10.5. The minimum Gasteiger partial charge on any atom is -0.475 e. The van der Waals surface area contributed by atoms with Crippen LogP contribution in [0.25, 0.3) is 0 Å². The summed E-state index contributed by atoms with van der Waals surface area (Å²) in [5.74, 6) is -0.280. The number of carboxylic acids is 1. The Morgan fingerprint density at radius 1 is 1.67 bits per heavy atom. The van der Waals surface area contributed by atoms with Crippen LogP contribution in [0.5, 0.6) is 0 Å². The standard InChI is InChI=1S/C10H13NO4/c12-10(13)8-5-11-9(15-8)4-7-2-1-3-14-6-7/h5,7H,1-4,6H2,(H,12,13). The van der Waals surface area contributed by atoms with Crippen LogP contribution in [0.3, 0.4) is 0 Å². The maximum atomic E-state index is 10.5. The van der Waals surface area contributed by atoms with E-state index in [-0.39, 0.29) is 5.76 Å². The van der Waals surface area contributed by atoms with E-state index in [9.17, 15) is 4.79 Å². The predicted octanol–water partition coefficient (Wildman–Crippen LogP) is 1.34. The van der Waals surface area contributed by atoms with Crippen LogP contribution in [0.2, 0.25) is 0 Å². The molecule has 2 heterocycles. The summed E-state index contributed by atoms with van der Waals surface area (Å²) >= 11 is 0. The zero-order chi connectivity index (χ0) is 10.7. The molecule has 0 bridgehead atoms. The van der Waals surface area contributed by atoms with Gasteiger partial charge >= 0.3 is 5.97 Å². The van der Waals surface area contributed by atoms with Crippen molar-refractivity contribution >= 4 is 5.97 Å². The molecule has 1 saturated heterocycles. The van der Waals surface area contributed by atoms with Crippen LogP contribution >= 0.6 is 0 Å². The summed E-state index contributed by atoms with van der Waals surface area (Å²) in [4.78, 5) is 14.5. The summed E-state index contributed by atoms with van der Waals surface area (Å²) in [7, 11) is 0. The number of rotatable bonds is 3. The number of aromatic nitrogens is 1. The van der Waals surface area contributed by atoms with Crippen molar-refractivity contribution in [3.05, 3.63) is 17.8 Å². The highest BCUT2D eigenvalue weighted by atomic mass is 16.5. The van der Waals surface area contributed by atoms with Crippen LogP contribution in [0.15, 0.2) is 10.6 Å². The van der Waals surface area contributed by atoms with Gasteiger partial charge in [0.1, 0.15) is 0 Å². The van der Waals surface area contributed by atoms with Crippen LogP contribution < -0.4 is 0 Å². The first-order chi connectivity index (χ1) is 7.25. The zero-order valence-electron chi connectivity index (χ0n) is 8.31. The van der Waals surface area contributed by atoms with Gasteiger partial charge in [-0.2, -0.15) is 0 Å². The van der Waals surface area contributed by atoms with Gasteiger partial charge in [0.25, 0.3) is 0 Å². The molecule has 0 amide bonds. The first-order valence-corrected chi connectivity index (χ1v) is 5.01. The summed E-state index contributed by atoms with van der Waals surface area (Å²) in [6.45, 7) is 1.53. The van der Waals surface area contributed by atoms with Gasteiger partial charge in [-0.3, -0.25) is 0 Å². The van der Waals surface area contributed by atoms with Gasteiger partial charge in [-0.15, -0.1) is 0 Å². The summed E-state index contributed by atoms with van der Waals surface area (Å²) in [6, 6.07) is 0. The Hall–Kier alpha value is -1.36. The molecule has 1 atom stereocenters. The van der Waals surface area contributed by atoms with E-state index in [2.05, 4.69) is 4.98 Å². The number of oxazole rings is 1. The summed E-state index contributed by atoms with van der Waals surface area (Å²) in [6.07, 6.45) is 4.05. The third-order valence-electron chi connectivity index (χ3n) is 2.48. The molecule has 5 heteroatoms. The van der Waals surface area contributed by atoms with Crippen LogP contribution in [-0.4, -0.2) is 29.3 Å². The second-order valence-corrected chi connectivity index (χ2v) is 3.71. The van der Waals surface area contributed by atoms with Crippen LogP contribution in [0.4, 0.5) is 0 Å². The Balaban J connectivity index is 1.94. The molecule has 1 aliphatic rings. The number of hydrogen-bond donors (Lipinski definition) is 1. The Morgan fingerprint density at radius 2 is 2.53 bits per heavy atom. The molecule has 5 nitrogen and oxygen atoms in total. The Labute approximate surface area is 87.1 Å². The highest BCUT2D eigenvalue weighted by Gasteiger charge is 2.18. The Bertz CT molecular complexity index is 341. The minimum absolute atomic E-state index is 0.0956. The molecular formula is C10H13NO4. The first-order valence-electron chi connectivity index (χ1n) is 5.01. The summed E-state index contributed by atoms with van der Waals surface area (Å²) < 4.78 is 10.4. The molecule has 1 aliphatic heterocycles. The summed E-state index contributed by atoms with van der Waals surface area (Å²) in [5.41, 5.74) is 0. The lowest BCUT2D eigenvalue weighted by Gasteiger charge is -2.20. The Kier molecular flexibility index (Phi) is 3.01. The number of carbonyl (C=O) groups is 1. The fraction of sp³-hybridized carbons (Fsp3) is 0.600. The van der Waals surface area contributed by atoms with E-state index in [1.807, 2.05) is 0 Å². The minimum atomic E-state index is -1.08. The van der Waals surface area contributed by atoms with Gasteiger partial charge in [0, 0.05) is 19.6 Å². The third-order valence-corrected chi connectivity index (χ3v) is 2.48. The molecule has 0 spiro atoms. The second-order valence-electron chi connectivity index (χ2n) is 3.71. The lowest BCUT2D eigenvalue weighted by atomic mass is 9.99. The largest absolute Gasteiger partial charge is 0.475 e. The molecule has 1 aromatic rings. The number of carboxylic acid groups (broad SMARTS) is 1. The monoisotopic (exact) mass is 211 g/mol. The fourth-order valence-corrected chi connectivity index (χ4v) is 1.72. The van der Waals surface area contributed by atoms with Crippen molar-refractivity contribution in [2.24, 2.45) is 5.92 Å². The zero-order valence-corrected chi connectivity index (χ0v) is 8.31. The highest BCUT2D eigenvalue weighted by Crippen LogP contribution is 2.18. The quantitative estimate of drug-likeness (QED) is 0.816. The molecule has 0 saturated carbocycles. The topological polar surface area (TPSA) is 72.6 Å². The van der Waals surface area contributed by atoms with Crippen molar-refractivity contribution in [3.63, 3.8) is 0 Å². The first kappa shape index (κ1) is 10.2. The van der Waals surface area contributed by atoms with Crippen molar-refractivity contribution in [2.45, 2.75) is 19.3 Å². The molecule has 82 valence electrons. The van der Waals surface area contributed by atoms with Gasteiger partial charge in [-0.1, -0.05) is 0 Å². The highest BCUT2D eigenvalue weighted by molar-refractivity contribution is 5.83. The number of nitrogens with zero attached hydrogens (tertiary/aromatic N) is 1. The lowest BCUT2D eigenvalue weighted by molar-refractivity contribution is 0.0520. The van der Waals surface area contributed by atoms with Gasteiger partial charge in [0.2, 0.25) is 5.76 Å². The van der Waals surface area contributed by atoms with Crippen LogP contribution in [0.1, 0.15) is 29.3 Å². The van der Waals surface area contributed by atoms with Crippen LogP contribution in [-0.2, 0) is 11.2 Å². The van der Waals surface area contributed by atoms with Gasteiger partial charge in [-0.05, 0) is 18.8 Å². The van der Waals surface area contributed by atoms with Crippen molar-refractivity contribution < 1.29 is 19.1 Å². The van der Waals surface area contributed by atoms with Crippen molar-refractivity contribution in [2.75, 3.05) is 13.2 Å². The molecule has 0 aromatic carbocycles. The second kappa shape index (κ2) is 4.44. The normalized spacial score (nSPS) is 21.5. The van der Waals surface area contributed by atoms with E-state index < -0.39 is 5.97 Å². The molecule has 1 unspecified atom stereocenters. The average Bonchev–Trinajstić information content (AvgIpc) is 2.68. The molecule has 0 aliphatic carbocycles. The van der Waals surface area contributed by atoms with Crippen molar-refractivity contribution in [1.82, 2.24) is 4.98 Å². The number of hydrogen-bond acceptors (Lipinski definition) is 4. The molecule has 1 N–H and O–H groups in total. The van der Waals surface area contributed by atoms with Gasteiger partial charge < -0.3 is 14.3 Å². The van der Waals surface area contributed by atoms with E-state index in [4.69, 9.17) is 14.3 Å². The molecule has 2 rings (SSSR count). The van der Waals surface area contributed by atoms with E-state index in [1.165, 1.54) is 6.20 Å². The SMILES string of the molecule is O=C(O)c1cnc(CC2CCCOC2)o1. The van der Waals surface area contributed by atoms with Crippen molar-refractivity contribution in [1.29, 1.82) is 0 Å². The molecule has 1 aromatic heterocycles. The molecule has 15 heavy (non-hydrogen) atoms. The maximum Gasteiger partial charge on any atom is 0.373 e.